The van der Waals surface area contributed by atoms with Gasteiger partial charge in [-0.3, -0.25) is 9.97 Å². The van der Waals surface area contributed by atoms with E-state index in [1.807, 2.05) is 6.92 Å². The van der Waals surface area contributed by atoms with Gasteiger partial charge in [-0.2, -0.15) is 0 Å². The van der Waals surface area contributed by atoms with Crippen LogP contribution < -0.4 is 5.32 Å². The number of nitrogens with zero attached hydrogens (tertiary/aromatic N) is 2. The molecule has 3 heteroatoms. The fourth-order valence-corrected chi connectivity index (χ4v) is 2.06. The number of hydrogen-bond acceptors (Lipinski definition) is 3. The van der Waals surface area contributed by atoms with E-state index < -0.39 is 0 Å². The van der Waals surface area contributed by atoms with Gasteiger partial charge in [-0.05, 0) is 26.3 Å². The van der Waals surface area contributed by atoms with Crippen LogP contribution >= 0.6 is 0 Å². The summed E-state index contributed by atoms with van der Waals surface area (Å²) in [7, 11) is 0. The van der Waals surface area contributed by atoms with Crippen LogP contribution in [0.3, 0.4) is 0 Å². The lowest BCUT2D eigenvalue weighted by Crippen LogP contribution is -2.34. The minimum Gasteiger partial charge on any atom is -0.313 e. The molecule has 0 spiro atoms. The van der Waals surface area contributed by atoms with Crippen molar-refractivity contribution in [2.75, 3.05) is 6.54 Å². The van der Waals surface area contributed by atoms with Gasteiger partial charge in [0.1, 0.15) is 0 Å². The van der Waals surface area contributed by atoms with Gasteiger partial charge >= 0.3 is 0 Å². The normalized spacial score (nSPS) is 14.8. The average molecular weight is 221 g/mol. The van der Waals surface area contributed by atoms with Gasteiger partial charge in [-0.15, -0.1) is 0 Å². The van der Waals surface area contributed by atoms with Crippen molar-refractivity contribution in [3.8, 4) is 0 Å². The predicted molar refractivity (Wildman–Crippen MR) is 67.6 cm³/mol. The molecular formula is C13H23N3. The molecule has 1 aromatic heterocycles. The van der Waals surface area contributed by atoms with Gasteiger partial charge in [0.15, 0.2) is 0 Å². The molecule has 0 aliphatic heterocycles. The van der Waals surface area contributed by atoms with E-state index in [0.29, 0.717) is 12.0 Å². The molecule has 3 nitrogen and oxygen atoms in total. The maximum Gasteiger partial charge on any atom is 0.0659 e. The Labute approximate surface area is 98.7 Å². The Balaban J connectivity index is 2.74. The average Bonchev–Trinajstić information content (AvgIpc) is 2.30. The fourth-order valence-electron chi connectivity index (χ4n) is 2.06. The van der Waals surface area contributed by atoms with Crippen LogP contribution in [0.5, 0.6) is 0 Å². The number of aryl methyl sites for hydroxylation is 1. The standard InChI is InChI=1S/C13H23N3/c1-5-7-15-12(6-2)10(3)13-11(4)14-8-9-16-13/h8-10,12,15H,5-7H2,1-4H3. The highest BCUT2D eigenvalue weighted by Gasteiger charge is 2.19. The Bertz CT molecular complexity index is 312. The number of hydrogen-bond donors (Lipinski definition) is 1. The summed E-state index contributed by atoms with van der Waals surface area (Å²) in [6, 6.07) is 0.496. The van der Waals surface area contributed by atoms with Crippen molar-refractivity contribution in [2.24, 2.45) is 0 Å². The molecule has 2 unspecified atom stereocenters. The molecule has 1 aromatic rings. The van der Waals surface area contributed by atoms with Crippen molar-refractivity contribution < 1.29 is 0 Å². The lowest BCUT2D eigenvalue weighted by molar-refractivity contribution is 0.430. The van der Waals surface area contributed by atoms with Crippen LogP contribution in [0.2, 0.25) is 0 Å². The van der Waals surface area contributed by atoms with Crippen LogP contribution in [0.1, 0.15) is 50.9 Å². The third-order valence-electron chi connectivity index (χ3n) is 3.05. The highest BCUT2D eigenvalue weighted by Crippen LogP contribution is 2.20. The Morgan fingerprint density at radius 2 is 1.94 bits per heavy atom. The summed E-state index contributed by atoms with van der Waals surface area (Å²) in [6.07, 6.45) is 5.83. The van der Waals surface area contributed by atoms with Gasteiger partial charge < -0.3 is 5.32 Å². The van der Waals surface area contributed by atoms with Crippen molar-refractivity contribution >= 4 is 0 Å². The molecule has 16 heavy (non-hydrogen) atoms. The summed E-state index contributed by atoms with van der Waals surface area (Å²) in [5.74, 6) is 0.422. The van der Waals surface area contributed by atoms with E-state index in [1.165, 1.54) is 6.42 Å². The highest BCUT2D eigenvalue weighted by molar-refractivity contribution is 5.15. The Morgan fingerprint density at radius 3 is 2.50 bits per heavy atom. The van der Waals surface area contributed by atoms with E-state index in [-0.39, 0.29) is 0 Å². The van der Waals surface area contributed by atoms with Crippen molar-refractivity contribution in [3.05, 3.63) is 23.8 Å². The van der Waals surface area contributed by atoms with E-state index in [2.05, 4.69) is 36.1 Å². The highest BCUT2D eigenvalue weighted by atomic mass is 14.9. The van der Waals surface area contributed by atoms with E-state index in [1.54, 1.807) is 12.4 Å². The molecule has 0 bridgehead atoms. The number of rotatable bonds is 6. The molecule has 0 saturated carbocycles. The molecule has 1 N–H and O–H groups in total. The van der Waals surface area contributed by atoms with E-state index in [0.717, 1.165) is 24.4 Å². The quantitative estimate of drug-likeness (QED) is 0.802. The molecule has 0 radical (unpaired) electrons. The SMILES string of the molecule is CCCNC(CC)C(C)c1nccnc1C. The molecule has 1 heterocycles. The topological polar surface area (TPSA) is 37.8 Å². The number of nitrogens with one attached hydrogen (secondary N) is 1. The molecule has 0 amide bonds. The number of aromatic nitrogens is 2. The van der Waals surface area contributed by atoms with Crippen molar-refractivity contribution in [1.82, 2.24) is 15.3 Å². The van der Waals surface area contributed by atoms with Crippen molar-refractivity contribution in [3.63, 3.8) is 0 Å². The second-order valence-corrected chi connectivity index (χ2v) is 4.28. The fraction of sp³-hybridized carbons (Fsp3) is 0.692. The summed E-state index contributed by atoms with van der Waals surface area (Å²) < 4.78 is 0. The zero-order valence-corrected chi connectivity index (χ0v) is 10.8. The second-order valence-electron chi connectivity index (χ2n) is 4.28. The Morgan fingerprint density at radius 1 is 1.25 bits per heavy atom. The van der Waals surface area contributed by atoms with Crippen LogP contribution in [0.25, 0.3) is 0 Å². The molecule has 1 rings (SSSR count). The summed E-state index contributed by atoms with van der Waals surface area (Å²) in [6.45, 7) is 9.74. The summed E-state index contributed by atoms with van der Waals surface area (Å²) in [5.41, 5.74) is 2.17. The maximum atomic E-state index is 4.45. The monoisotopic (exact) mass is 221 g/mol. The van der Waals surface area contributed by atoms with Gasteiger partial charge in [0.25, 0.3) is 0 Å². The minimum atomic E-state index is 0.422. The van der Waals surface area contributed by atoms with E-state index in [4.69, 9.17) is 0 Å². The first-order valence-corrected chi connectivity index (χ1v) is 6.21. The van der Waals surface area contributed by atoms with Crippen LogP contribution in [0, 0.1) is 6.92 Å². The molecule has 0 fully saturated rings. The van der Waals surface area contributed by atoms with Crippen LogP contribution in [0.4, 0.5) is 0 Å². The third-order valence-corrected chi connectivity index (χ3v) is 3.05. The molecule has 0 aliphatic rings. The molecule has 90 valence electrons. The summed E-state index contributed by atoms with van der Waals surface area (Å²) in [4.78, 5) is 8.76. The van der Waals surface area contributed by atoms with Crippen LogP contribution in [-0.4, -0.2) is 22.6 Å². The zero-order chi connectivity index (χ0) is 12.0. The first kappa shape index (κ1) is 13.1. The summed E-state index contributed by atoms with van der Waals surface area (Å²) >= 11 is 0. The smallest absolute Gasteiger partial charge is 0.0659 e. The second kappa shape index (κ2) is 6.59. The molecular weight excluding hydrogens is 198 g/mol. The largest absolute Gasteiger partial charge is 0.313 e. The minimum absolute atomic E-state index is 0.422. The van der Waals surface area contributed by atoms with Gasteiger partial charge in [0.2, 0.25) is 0 Å². The molecule has 0 aliphatic carbocycles. The lowest BCUT2D eigenvalue weighted by Gasteiger charge is -2.24. The van der Waals surface area contributed by atoms with Crippen LogP contribution in [-0.2, 0) is 0 Å². The van der Waals surface area contributed by atoms with E-state index >= 15 is 0 Å². The zero-order valence-electron chi connectivity index (χ0n) is 10.8. The van der Waals surface area contributed by atoms with E-state index in [9.17, 15) is 0 Å². The Hall–Kier alpha value is -0.960. The molecule has 0 saturated heterocycles. The lowest BCUT2D eigenvalue weighted by atomic mass is 9.94. The first-order chi connectivity index (χ1) is 7.70. The maximum absolute atomic E-state index is 4.45. The van der Waals surface area contributed by atoms with Crippen molar-refractivity contribution in [1.29, 1.82) is 0 Å². The van der Waals surface area contributed by atoms with Gasteiger partial charge in [0, 0.05) is 24.4 Å². The predicted octanol–water partition coefficient (Wildman–Crippen LogP) is 2.67. The summed E-state index contributed by atoms with van der Waals surface area (Å²) in [5, 5.41) is 3.58. The van der Waals surface area contributed by atoms with Crippen LogP contribution in [0.15, 0.2) is 12.4 Å². The van der Waals surface area contributed by atoms with Gasteiger partial charge in [0.05, 0.1) is 11.4 Å². The third kappa shape index (κ3) is 3.27. The molecule has 0 aromatic carbocycles. The van der Waals surface area contributed by atoms with Gasteiger partial charge in [-0.1, -0.05) is 20.8 Å². The first-order valence-electron chi connectivity index (χ1n) is 6.21. The molecule has 2 atom stereocenters. The Kier molecular flexibility index (Phi) is 5.39. The van der Waals surface area contributed by atoms with Gasteiger partial charge in [-0.25, -0.2) is 0 Å². The van der Waals surface area contributed by atoms with Crippen molar-refractivity contribution in [2.45, 2.75) is 52.5 Å².